The molecule has 2 heteroatoms. The quantitative estimate of drug-likeness (QED) is 0.149. The topological polar surface area (TPSA) is 25.8 Å². The SMILES string of the molecule is c1ccc(-c2ccc(-c3cc(-c4ccc5c(c4)c4ccccc4c4cccc(-c6ccc7c(c6)C(c6ccccc6)(c6ccccc6)c6ccccc6-7)c45)nc(-c4ccccc4)n3)cc2)cc1. The summed E-state index contributed by atoms with van der Waals surface area (Å²) in [6, 6.07) is 92.6. The molecule has 0 N–H and O–H groups in total. The van der Waals surface area contributed by atoms with Gasteiger partial charge in [0, 0.05) is 16.7 Å². The van der Waals surface area contributed by atoms with Crippen LogP contribution in [-0.2, 0) is 5.41 Å². The molecule has 0 saturated carbocycles. The van der Waals surface area contributed by atoms with Gasteiger partial charge in [-0.1, -0.05) is 237 Å². The van der Waals surface area contributed by atoms with Gasteiger partial charge in [0.25, 0.3) is 0 Å². The van der Waals surface area contributed by atoms with Crippen LogP contribution in [0.5, 0.6) is 0 Å². The number of benzene rings is 11. The summed E-state index contributed by atoms with van der Waals surface area (Å²) in [4.78, 5) is 10.5. The van der Waals surface area contributed by atoms with Crippen LogP contribution >= 0.6 is 0 Å². The molecule has 0 aliphatic heterocycles. The van der Waals surface area contributed by atoms with Crippen LogP contribution in [0.25, 0.3) is 99.6 Å². The molecule has 0 amide bonds. The number of aromatic nitrogens is 2. The molecular weight excluding hydrogens is 809 g/mol. The lowest BCUT2D eigenvalue weighted by Gasteiger charge is -2.34. The van der Waals surface area contributed by atoms with Crippen molar-refractivity contribution in [1.82, 2.24) is 9.97 Å². The summed E-state index contributed by atoms with van der Waals surface area (Å²) in [5, 5.41) is 7.34. The minimum absolute atomic E-state index is 0.488. The summed E-state index contributed by atoms with van der Waals surface area (Å²) in [5.74, 6) is 0.701. The van der Waals surface area contributed by atoms with Crippen LogP contribution in [0.15, 0.2) is 255 Å². The monoisotopic (exact) mass is 850 g/mol. The summed E-state index contributed by atoms with van der Waals surface area (Å²) in [5.41, 5.74) is 16.8. The highest BCUT2D eigenvalue weighted by Crippen LogP contribution is 2.57. The Morgan fingerprint density at radius 1 is 0.254 bits per heavy atom. The molecule has 1 aromatic heterocycles. The van der Waals surface area contributed by atoms with Crippen LogP contribution in [0.1, 0.15) is 22.3 Å². The first-order valence-electron chi connectivity index (χ1n) is 23.1. The molecule has 1 aliphatic carbocycles. The van der Waals surface area contributed by atoms with Gasteiger partial charge in [-0.2, -0.15) is 0 Å². The molecule has 1 aliphatic rings. The second kappa shape index (κ2) is 15.8. The van der Waals surface area contributed by atoms with Gasteiger partial charge in [0.05, 0.1) is 16.8 Å². The molecule has 67 heavy (non-hydrogen) atoms. The van der Waals surface area contributed by atoms with E-state index in [1.54, 1.807) is 0 Å². The van der Waals surface area contributed by atoms with Gasteiger partial charge in [-0.15, -0.1) is 0 Å². The number of nitrogens with zero attached hydrogens (tertiary/aromatic N) is 2. The van der Waals surface area contributed by atoms with Gasteiger partial charge in [0.2, 0.25) is 0 Å². The van der Waals surface area contributed by atoms with Crippen LogP contribution in [0.2, 0.25) is 0 Å². The number of fused-ring (bicyclic) bond motifs is 9. The van der Waals surface area contributed by atoms with Crippen LogP contribution in [0, 0.1) is 0 Å². The van der Waals surface area contributed by atoms with Gasteiger partial charge in [-0.25, -0.2) is 9.97 Å². The van der Waals surface area contributed by atoms with E-state index in [9.17, 15) is 0 Å². The van der Waals surface area contributed by atoms with Crippen LogP contribution < -0.4 is 0 Å². The first kappa shape index (κ1) is 38.7. The van der Waals surface area contributed by atoms with Crippen molar-refractivity contribution >= 4 is 32.3 Å². The van der Waals surface area contributed by atoms with E-state index < -0.39 is 5.41 Å². The molecule has 12 aromatic rings. The summed E-state index contributed by atoms with van der Waals surface area (Å²) in [6.45, 7) is 0. The zero-order valence-corrected chi connectivity index (χ0v) is 36.6. The Kier molecular flexibility index (Phi) is 9.11. The summed E-state index contributed by atoms with van der Waals surface area (Å²) in [6.07, 6.45) is 0. The summed E-state index contributed by atoms with van der Waals surface area (Å²) >= 11 is 0. The second-order valence-corrected chi connectivity index (χ2v) is 17.6. The minimum atomic E-state index is -0.488. The molecule has 0 radical (unpaired) electrons. The third-order valence-corrected chi connectivity index (χ3v) is 14.0. The van der Waals surface area contributed by atoms with Crippen molar-refractivity contribution in [2.24, 2.45) is 0 Å². The molecule has 1 heterocycles. The fraction of sp³-hybridized carbons (Fsp3) is 0.0154. The predicted octanol–water partition coefficient (Wildman–Crippen LogP) is 16.6. The van der Waals surface area contributed by atoms with Crippen LogP contribution in [0.3, 0.4) is 0 Å². The molecule has 0 unspecified atom stereocenters. The van der Waals surface area contributed by atoms with Crippen molar-refractivity contribution in [3.05, 3.63) is 277 Å². The smallest absolute Gasteiger partial charge is 0.160 e. The molecule has 0 bridgehead atoms. The maximum atomic E-state index is 5.28. The van der Waals surface area contributed by atoms with E-state index in [1.807, 2.05) is 18.2 Å². The summed E-state index contributed by atoms with van der Waals surface area (Å²) < 4.78 is 0. The van der Waals surface area contributed by atoms with Crippen LogP contribution in [0.4, 0.5) is 0 Å². The van der Waals surface area contributed by atoms with Gasteiger partial charge in [-0.05, 0) is 106 Å². The van der Waals surface area contributed by atoms with Crippen molar-refractivity contribution in [3.8, 4) is 67.3 Å². The number of hydrogen-bond acceptors (Lipinski definition) is 2. The van der Waals surface area contributed by atoms with Gasteiger partial charge < -0.3 is 0 Å². The van der Waals surface area contributed by atoms with E-state index in [-0.39, 0.29) is 0 Å². The molecule has 2 nitrogen and oxygen atoms in total. The Balaban J connectivity index is 1.01. The lowest BCUT2D eigenvalue weighted by atomic mass is 9.67. The Hall–Kier alpha value is -8.72. The minimum Gasteiger partial charge on any atom is -0.228 e. The fourth-order valence-corrected chi connectivity index (χ4v) is 10.9. The lowest BCUT2D eigenvalue weighted by Crippen LogP contribution is -2.28. The first-order valence-corrected chi connectivity index (χ1v) is 23.1. The second-order valence-electron chi connectivity index (χ2n) is 17.6. The highest BCUT2D eigenvalue weighted by Gasteiger charge is 2.46. The fourth-order valence-electron chi connectivity index (χ4n) is 10.9. The molecule has 0 fully saturated rings. The Morgan fingerprint density at radius 2 is 0.731 bits per heavy atom. The van der Waals surface area contributed by atoms with E-state index in [4.69, 9.17) is 9.97 Å². The van der Waals surface area contributed by atoms with Gasteiger partial charge in [-0.3, -0.25) is 0 Å². The average molecular weight is 851 g/mol. The molecule has 0 saturated heterocycles. The van der Waals surface area contributed by atoms with Gasteiger partial charge in [0.15, 0.2) is 5.82 Å². The van der Waals surface area contributed by atoms with Gasteiger partial charge >= 0.3 is 0 Å². The zero-order valence-electron chi connectivity index (χ0n) is 36.6. The number of hydrogen-bond donors (Lipinski definition) is 0. The van der Waals surface area contributed by atoms with Crippen molar-refractivity contribution in [1.29, 1.82) is 0 Å². The molecule has 0 spiro atoms. The maximum Gasteiger partial charge on any atom is 0.160 e. The van der Waals surface area contributed by atoms with Crippen LogP contribution in [-0.4, -0.2) is 9.97 Å². The number of rotatable bonds is 7. The Bertz CT molecular complexity index is 3780. The van der Waals surface area contributed by atoms with E-state index in [0.29, 0.717) is 5.82 Å². The maximum absolute atomic E-state index is 5.28. The highest BCUT2D eigenvalue weighted by atomic mass is 14.9. The van der Waals surface area contributed by atoms with Crippen molar-refractivity contribution in [2.75, 3.05) is 0 Å². The molecular formula is C65H42N2. The Morgan fingerprint density at radius 3 is 1.43 bits per heavy atom. The van der Waals surface area contributed by atoms with E-state index >= 15 is 0 Å². The van der Waals surface area contributed by atoms with E-state index in [2.05, 4.69) is 237 Å². The normalized spacial score (nSPS) is 12.6. The average Bonchev–Trinajstić information content (AvgIpc) is 3.72. The van der Waals surface area contributed by atoms with E-state index in [0.717, 1.165) is 28.1 Å². The Labute approximate surface area is 390 Å². The van der Waals surface area contributed by atoms with Gasteiger partial charge in [0.1, 0.15) is 0 Å². The lowest BCUT2D eigenvalue weighted by molar-refractivity contribution is 0.769. The molecule has 0 atom stereocenters. The largest absolute Gasteiger partial charge is 0.228 e. The van der Waals surface area contributed by atoms with Crippen molar-refractivity contribution < 1.29 is 0 Å². The third kappa shape index (κ3) is 6.26. The first-order chi connectivity index (χ1) is 33.2. The highest BCUT2D eigenvalue weighted by molar-refractivity contribution is 6.29. The van der Waals surface area contributed by atoms with Crippen molar-refractivity contribution in [2.45, 2.75) is 5.41 Å². The third-order valence-electron chi connectivity index (χ3n) is 14.0. The zero-order chi connectivity index (χ0) is 44.3. The van der Waals surface area contributed by atoms with Crippen molar-refractivity contribution in [3.63, 3.8) is 0 Å². The summed E-state index contributed by atoms with van der Waals surface area (Å²) in [7, 11) is 0. The molecule has 312 valence electrons. The standard InChI is InChI=1S/C65H42N2/c1-5-18-43(19-6-1)44-32-34-45(35-33-44)61-42-62(67-64(66-61)46-20-7-2-8-21-46)48-37-39-57-58(40-48)53-27-14-13-26-52(53)56-30-17-29-51(63(56)57)47-36-38-55-54-28-15-16-31-59(54)65(60(55)41-47,49-22-9-3-10-23-49)50-24-11-4-12-25-50/h1-42H. The molecule has 13 rings (SSSR count). The predicted molar refractivity (Wildman–Crippen MR) is 279 cm³/mol. The molecule has 11 aromatic carbocycles. The van der Waals surface area contributed by atoms with E-state index in [1.165, 1.54) is 88.0 Å².